The molecule has 21 heavy (non-hydrogen) atoms. The maximum atomic E-state index is 11.7. The highest BCUT2D eigenvalue weighted by molar-refractivity contribution is 5.72. The van der Waals surface area contributed by atoms with E-state index in [9.17, 15) is 9.90 Å². The summed E-state index contributed by atoms with van der Waals surface area (Å²) in [5, 5.41) is 17.3. The van der Waals surface area contributed by atoms with Crippen LogP contribution in [-0.2, 0) is 16.1 Å². The van der Waals surface area contributed by atoms with Crippen molar-refractivity contribution in [1.29, 1.82) is 0 Å². The van der Waals surface area contributed by atoms with Crippen LogP contribution in [0.4, 0.5) is 0 Å². The van der Waals surface area contributed by atoms with Crippen molar-refractivity contribution < 1.29 is 19.2 Å². The Morgan fingerprint density at radius 2 is 2.24 bits per heavy atom. The van der Waals surface area contributed by atoms with Crippen molar-refractivity contribution in [3.05, 3.63) is 11.7 Å². The molecule has 0 aliphatic heterocycles. The number of rotatable bonds is 6. The Morgan fingerprint density at radius 3 is 2.81 bits per heavy atom. The van der Waals surface area contributed by atoms with Crippen molar-refractivity contribution in [2.45, 2.75) is 51.7 Å². The van der Waals surface area contributed by atoms with E-state index in [2.05, 4.69) is 15.5 Å². The topological polar surface area (TPSA) is 97.5 Å². The molecule has 1 aliphatic carbocycles. The van der Waals surface area contributed by atoms with E-state index < -0.39 is 5.60 Å². The van der Waals surface area contributed by atoms with Crippen LogP contribution in [0.3, 0.4) is 0 Å². The molecule has 1 aromatic heterocycles. The largest absolute Gasteiger partial charge is 0.466 e. The fourth-order valence-corrected chi connectivity index (χ4v) is 2.64. The Labute approximate surface area is 124 Å². The third-order valence-electron chi connectivity index (χ3n) is 3.84. The van der Waals surface area contributed by atoms with Gasteiger partial charge in [-0.15, -0.1) is 0 Å². The number of ether oxygens (including phenoxy) is 1. The van der Waals surface area contributed by atoms with E-state index in [-0.39, 0.29) is 11.9 Å². The zero-order valence-electron chi connectivity index (χ0n) is 12.6. The molecule has 0 saturated heterocycles. The average Bonchev–Trinajstić information content (AvgIpc) is 2.85. The lowest BCUT2D eigenvalue weighted by molar-refractivity contribution is -0.151. The molecule has 0 unspecified atom stereocenters. The highest BCUT2D eigenvalue weighted by Crippen LogP contribution is 2.32. The van der Waals surface area contributed by atoms with Gasteiger partial charge >= 0.3 is 5.97 Å². The third kappa shape index (κ3) is 4.50. The molecule has 1 aromatic rings. The maximum absolute atomic E-state index is 11.7. The first-order valence-electron chi connectivity index (χ1n) is 7.41. The number of nitrogens with one attached hydrogen (secondary N) is 1. The molecule has 0 radical (unpaired) electrons. The van der Waals surface area contributed by atoms with Gasteiger partial charge < -0.3 is 19.7 Å². The molecular formula is C14H23N3O4. The number of hydrogen-bond donors (Lipinski definition) is 2. The molecule has 0 amide bonds. The Morgan fingerprint density at radius 1 is 1.52 bits per heavy atom. The molecule has 118 valence electrons. The first-order chi connectivity index (χ1) is 10.0. The van der Waals surface area contributed by atoms with Gasteiger partial charge in [0.25, 0.3) is 0 Å². The second kappa shape index (κ2) is 7.00. The van der Waals surface area contributed by atoms with Crippen molar-refractivity contribution in [1.82, 2.24) is 15.5 Å². The van der Waals surface area contributed by atoms with Gasteiger partial charge in [0.1, 0.15) is 0 Å². The van der Waals surface area contributed by atoms with Crippen LogP contribution in [0.1, 0.15) is 44.3 Å². The van der Waals surface area contributed by atoms with E-state index in [0.717, 1.165) is 0 Å². The second-order valence-electron chi connectivity index (χ2n) is 5.59. The van der Waals surface area contributed by atoms with Crippen molar-refractivity contribution in [3.8, 4) is 0 Å². The van der Waals surface area contributed by atoms with E-state index in [1.54, 1.807) is 13.8 Å². The maximum Gasteiger partial charge on any atom is 0.308 e. The van der Waals surface area contributed by atoms with Crippen molar-refractivity contribution in [2.24, 2.45) is 5.92 Å². The Balaban J connectivity index is 1.73. The Bertz CT molecular complexity index is 467. The summed E-state index contributed by atoms with van der Waals surface area (Å²) in [5.74, 6) is 0.884. The van der Waals surface area contributed by atoms with Crippen LogP contribution in [0.25, 0.3) is 0 Å². The molecule has 2 N–H and O–H groups in total. The lowest BCUT2D eigenvalue weighted by Gasteiger charge is -2.35. The van der Waals surface area contributed by atoms with Crippen LogP contribution < -0.4 is 5.32 Å². The van der Waals surface area contributed by atoms with Gasteiger partial charge in [-0.05, 0) is 39.5 Å². The van der Waals surface area contributed by atoms with E-state index in [1.165, 1.54) is 0 Å². The van der Waals surface area contributed by atoms with Crippen LogP contribution >= 0.6 is 0 Å². The van der Waals surface area contributed by atoms with Crippen LogP contribution in [0.5, 0.6) is 0 Å². The first kappa shape index (κ1) is 15.9. The molecule has 2 rings (SSSR count). The highest BCUT2D eigenvalue weighted by atomic mass is 16.5. The number of hydrogen-bond acceptors (Lipinski definition) is 7. The normalized spacial score (nSPS) is 25.8. The molecule has 1 heterocycles. The first-order valence-corrected chi connectivity index (χ1v) is 7.41. The van der Waals surface area contributed by atoms with Gasteiger partial charge in [-0.2, -0.15) is 4.98 Å². The zero-order valence-corrected chi connectivity index (χ0v) is 12.6. The lowest BCUT2D eigenvalue weighted by atomic mass is 9.79. The number of aryl methyl sites for hydroxylation is 1. The lowest BCUT2D eigenvalue weighted by Crippen LogP contribution is -2.44. The minimum Gasteiger partial charge on any atom is -0.466 e. The molecule has 1 fully saturated rings. The van der Waals surface area contributed by atoms with Gasteiger partial charge in [-0.1, -0.05) is 5.16 Å². The number of nitrogens with zero attached hydrogens (tertiary/aromatic N) is 2. The van der Waals surface area contributed by atoms with Gasteiger partial charge in [-0.25, -0.2) is 0 Å². The zero-order chi connectivity index (χ0) is 15.3. The third-order valence-corrected chi connectivity index (χ3v) is 3.84. The minimum absolute atomic E-state index is 0.0798. The average molecular weight is 297 g/mol. The highest BCUT2D eigenvalue weighted by Gasteiger charge is 2.36. The molecule has 0 atom stereocenters. The minimum atomic E-state index is -0.780. The predicted molar refractivity (Wildman–Crippen MR) is 74.3 cm³/mol. The monoisotopic (exact) mass is 297 g/mol. The molecule has 7 nitrogen and oxygen atoms in total. The van der Waals surface area contributed by atoms with Crippen molar-refractivity contribution >= 4 is 5.97 Å². The van der Waals surface area contributed by atoms with Gasteiger partial charge in [0.15, 0.2) is 5.82 Å². The van der Waals surface area contributed by atoms with Gasteiger partial charge in [0.2, 0.25) is 5.89 Å². The van der Waals surface area contributed by atoms with Crippen LogP contribution in [0.2, 0.25) is 0 Å². The van der Waals surface area contributed by atoms with Gasteiger partial charge in [0, 0.05) is 6.54 Å². The molecule has 0 bridgehead atoms. The van der Waals surface area contributed by atoms with Crippen LogP contribution in [0, 0.1) is 12.8 Å². The van der Waals surface area contributed by atoms with Crippen molar-refractivity contribution in [2.75, 3.05) is 13.2 Å². The van der Waals surface area contributed by atoms with Crippen LogP contribution in [0.15, 0.2) is 4.52 Å². The fraction of sp³-hybridized carbons (Fsp3) is 0.786. The summed E-state index contributed by atoms with van der Waals surface area (Å²) in [6.45, 7) is 4.86. The molecular weight excluding hydrogens is 274 g/mol. The quantitative estimate of drug-likeness (QED) is 0.754. The Hall–Kier alpha value is -1.47. The number of carbonyl (C=O) groups excluding carboxylic acids is 1. The van der Waals surface area contributed by atoms with E-state index in [0.29, 0.717) is 57.1 Å². The number of aromatic nitrogens is 2. The second-order valence-corrected chi connectivity index (χ2v) is 5.59. The molecule has 0 spiro atoms. The molecule has 1 saturated carbocycles. The number of esters is 1. The summed E-state index contributed by atoms with van der Waals surface area (Å²) in [4.78, 5) is 15.8. The van der Waals surface area contributed by atoms with E-state index in [4.69, 9.17) is 9.26 Å². The summed E-state index contributed by atoms with van der Waals surface area (Å²) >= 11 is 0. The van der Waals surface area contributed by atoms with E-state index in [1.807, 2.05) is 0 Å². The summed E-state index contributed by atoms with van der Waals surface area (Å²) in [6.07, 6.45) is 2.51. The fourth-order valence-electron chi connectivity index (χ4n) is 2.64. The SMILES string of the molecule is CCOC(=O)C1CCC(O)(CNCc2nc(C)no2)CC1. The summed E-state index contributed by atoms with van der Waals surface area (Å²) in [5.41, 5.74) is -0.780. The van der Waals surface area contributed by atoms with E-state index >= 15 is 0 Å². The standard InChI is InChI=1S/C14H23N3O4/c1-3-20-13(18)11-4-6-14(19,7-5-11)9-15-8-12-16-10(2)17-21-12/h11,15,19H,3-9H2,1-2H3. The van der Waals surface area contributed by atoms with Crippen LogP contribution in [-0.4, -0.2) is 40.0 Å². The number of aliphatic hydroxyl groups is 1. The summed E-state index contributed by atoms with van der Waals surface area (Å²) in [7, 11) is 0. The Kier molecular flexibility index (Phi) is 5.30. The molecule has 0 aromatic carbocycles. The van der Waals surface area contributed by atoms with Crippen molar-refractivity contribution in [3.63, 3.8) is 0 Å². The predicted octanol–water partition coefficient (Wildman–Crippen LogP) is 0.952. The number of carbonyl (C=O) groups is 1. The molecule has 7 heteroatoms. The molecule has 1 aliphatic rings. The summed E-state index contributed by atoms with van der Waals surface area (Å²) in [6, 6.07) is 0. The van der Waals surface area contributed by atoms with Gasteiger partial charge in [-0.3, -0.25) is 4.79 Å². The van der Waals surface area contributed by atoms with Gasteiger partial charge in [0.05, 0.1) is 24.7 Å². The smallest absolute Gasteiger partial charge is 0.308 e. The summed E-state index contributed by atoms with van der Waals surface area (Å²) < 4.78 is 10.0.